The number of nitrogens with zero attached hydrogens (tertiary/aromatic N) is 2. The Kier molecular flexibility index (Phi) is 3.79. The third-order valence-electron chi connectivity index (χ3n) is 4.23. The molecule has 2 N–H and O–H groups in total. The van der Waals surface area contributed by atoms with Crippen LogP contribution in [0.1, 0.15) is 36.9 Å². The van der Waals surface area contributed by atoms with E-state index in [0.29, 0.717) is 0 Å². The highest BCUT2D eigenvalue weighted by molar-refractivity contribution is 5.18. The van der Waals surface area contributed by atoms with E-state index < -0.39 is 0 Å². The van der Waals surface area contributed by atoms with Crippen LogP contribution in [0.3, 0.4) is 0 Å². The lowest BCUT2D eigenvalue weighted by molar-refractivity contribution is 0.122. The van der Waals surface area contributed by atoms with Gasteiger partial charge in [-0.3, -0.25) is 9.88 Å². The van der Waals surface area contributed by atoms with E-state index in [2.05, 4.69) is 29.9 Å². The predicted octanol–water partition coefficient (Wildman–Crippen LogP) is 2.09. The fourth-order valence-corrected chi connectivity index (χ4v) is 2.85. The summed E-state index contributed by atoms with van der Waals surface area (Å²) in [6.07, 6.45) is 6.95. The maximum absolute atomic E-state index is 6.00. The summed E-state index contributed by atoms with van der Waals surface area (Å²) in [5.74, 6) is 0. The molecular formula is C14H23N3. The number of rotatable bonds is 4. The topological polar surface area (TPSA) is 42.2 Å². The Bertz CT molecular complexity index is 369. The highest BCUT2D eigenvalue weighted by Gasteiger charge is 2.36. The van der Waals surface area contributed by atoms with Crippen molar-refractivity contribution in [2.75, 3.05) is 13.6 Å². The van der Waals surface area contributed by atoms with Gasteiger partial charge in [-0.25, -0.2) is 0 Å². The van der Waals surface area contributed by atoms with Crippen molar-refractivity contribution in [2.45, 2.75) is 44.7 Å². The highest BCUT2D eigenvalue weighted by Crippen LogP contribution is 2.34. The first-order chi connectivity index (χ1) is 8.18. The minimum Gasteiger partial charge on any atom is -0.329 e. The standard InChI is InChI=1S/C14H23N3/c1-12-6-5-9-16-13(12)10-17(2)14(11-15)7-3-4-8-14/h5-6,9H,3-4,7-8,10-11,15H2,1-2H3. The van der Waals surface area contributed by atoms with Gasteiger partial charge in [0.2, 0.25) is 0 Å². The number of hydrogen-bond acceptors (Lipinski definition) is 3. The second-order valence-corrected chi connectivity index (χ2v) is 5.26. The molecule has 3 heteroatoms. The zero-order chi connectivity index (χ0) is 12.3. The minimum absolute atomic E-state index is 0.212. The van der Waals surface area contributed by atoms with Crippen LogP contribution in [0, 0.1) is 6.92 Å². The molecule has 0 saturated heterocycles. The van der Waals surface area contributed by atoms with E-state index in [1.807, 2.05) is 12.3 Å². The molecule has 1 saturated carbocycles. The summed E-state index contributed by atoms with van der Waals surface area (Å²) in [5, 5.41) is 0. The molecule has 0 bridgehead atoms. The number of nitrogens with two attached hydrogens (primary N) is 1. The minimum atomic E-state index is 0.212. The molecule has 2 rings (SSSR count). The van der Waals surface area contributed by atoms with Crippen molar-refractivity contribution >= 4 is 0 Å². The fraction of sp³-hybridized carbons (Fsp3) is 0.643. The lowest BCUT2D eigenvalue weighted by Gasteiger charge is -2.38. The maximum atomic E-state index is 6.00. The third-order valence-corrected chi connectivity index (χ3v) is 4.23. The van der Waals surface area contributed by atoms with E-state index >= 15 is 0 Å². The summed E-state index contributed by atoms with van der Waals surface area (Å²) < 4.78 is 0. The molecule has 0 spiro atoms. The quantitative estimate of drug-likeness (QED) is 0.866. The van der Waals surface area contributed by atoms with Crippen LogP contribution in [0.25, 0.3) is 0 Å². The summed E-state index contributed by atoms with van der Waals surface area (Å²) in [4.78, 5) is 6.88. The molecule has 0 unspecified atom stereocenters. The summed E-state index contributed by atoms with van der Waals surface area (Å²) in [5.41, 5.74) is 8.66. The van der Waals surface area contributed by atoms with Crippen LogP contribution < -0.4 is 5.73 Å². The SMILES string of the molecule is Cc1cccnc1CN(C)C1(CN)CCCC1. The van der Waals surface area contributed by atoms with Crippen molar-refractivity contribution < 1.29 is 0 Å². The van der Waals surface area contributed by atoms with Crippen LogP contribution in [-0.4, -0.2) is 29.0 Å². The van der Waals surface area contributed by atoms with Gasteiger partial charge in [0.15, 0.2) is 0 Å². The Hall–Kier alpha value is -0.930. The Morgan fingerprint density at radius 3 is 2.71 bits per heavy atom. The normalized spacial score (nSPS) is 18.8. The summed E-state index contributed by atoms with van der Waals surface area (Å²) in [6, 6.07) is 4.12. The Morgan fingerprint density at radius 2 is 2.12 bits per heavy atom. The molecule has 1 aromatic heterocycles. The first-order valence-corrected chi connectivity index (χ1v) is 6.50. The van der Waals surface area contributed by atoms with Crippen molar-refractivity contribution in [2.24, 2.45) is 5.73 Å². The van der Waals surface area contributed by atoms with Crippen molar-refractivity contribution in [3.63, 3.8) is 0 Å². The van der Waals surface area contributed by atoms with Gasteiger partial charge in [0.05, 0.1) is 5.69 Å². The molecular weight excluding hydrogens is 210 g/mol. The summed E-state index contributed by atoms with van der Waals surface area (Å²) >= 11 is 0. The van der Waals surface area contributed by atoms with Gasteiger partial charge in [-0.2, -0.15) is 0 Å². The molecule has 0 atom stereocenters. The van der Waals surface area contributed by atoms with Gasteiger partial charge in [-0.05, 0) is 38.4 Å². The predicted molar refractivity (Wildman–Crippen MR) is 70.7 cm³/mol. The van der Waals surface area contributed by atoms with Crippen LogP contribution in [0.15, 0.2) is 18.3 Å². The first-order valence-electron chi connectivity index (χ1n) is 6.50. The largest absolute Gasteiger partial charge is 0.329 e. The lowest BCUT2D eigenvalue weighted by atomic mass is 9.95. The van der Waals surface area contributed by atoms with Gasteiger partial charge in [-0.15, -0.1) is 0 Å². The van der Waals surface area contributed by atoms with Crippen molar-refractivity contribution in [3.8, 4) is 0 Å². The fourth-order valence-electron chi connectivity index (χ4n) is 2.85. The highest BCUT2D eigenvalue weighted by atomic mass is 15.2. The van der Waals surface area contributed by atoms with Crippen LogP contribution >= 0.6 is 0 Å². The van der Waals surface area contributed by atoms with Crippen LogP contribution in [0.2, 0.25) is 0 Å². The van der Waals surface area contributed by atoms with E-state index in [1.54, 1.807) is 0 Å². The second kappa shape index (κ2) is 5.15. The third kappa shape index (κ3) is 2.50. The van der Waals surface area contributed by atoms with Crippen molar-refractivity contribution in [3.05, 3.63) is 29.6 Å². The smallest absolute Gasteiger partial charge is 0.0573 e. The molecule has 0 amide bonds. The van der Waals surface area contributed by atoms with Gasteiger partial charge in [0.1, 0.15) is 0 Å². The van der Waals surface area contributed by atoms with Gasteiger partial charge >= 0.3 is 0 Å². The van der Waals surface area contributed by atoms with E-state index in [4.69, 9.17) is 5.73 Å². The zero-order valence-corrected chi connectivity index (χ0v) is 10.9. The molecule has 1 heterocycles. The monoisotopic (exact) mass is 233 g/mol. The molecule has 1 aliphatic rings. The zero-order valence-electron chi connectivity index (χ0n) is 10.9. The average Bonchev–Trinajstić information content (AvgIpc) is 2.82. The van der Waals surface area contributed by atoms with Crippen molar-refractivity contribution in [1.29, 1.82) is 0 Å². The van der Waals surface area contributed by atoms with Crippen LogP contribution in [0.5, 0.6) is 0 Å². The lowest BCUT2D eigenvalue weighted by Crippen LogP contribution is -2.49. The number of pyridine rings is 1. The molecule has 1 aromatic rings. The van der Waals surface area contributed by atoms with Crippen molar-refractivity contribution in [1.82, 2.24) is 9.88 Å². The van der Waals surface area contributed by atoms with Gasteiger partial charge < -0.3 is 5.73 Å². The Morgan fingerprint density at radius 1 is 1.41 bits per heavy atom. The summed E-state index contributed by atoms with van der Waals surface area (Å²) in [7, 11) is 2.19. The molecule has 0 aliphatic heterocycles. The number of hydrogen-bond donors (Lipinski definition) is 1. The van der Waals surface area contributed by atoms with E-state index in [-0.39, 0.29) is 5.54 Å². The Labute approximate surface area is 104 Å². The number of aromatic nitrogens is 1. The molecule has 0 aromatic carbocycles. The van der Waals surface area contributed by atoms with E-state index in [0.717, 1.165) is 13.1 Å². The average molecular weight is 233 g/mol. The van der Waals surface area contributed by atoms with E-state index in [9.17, 15) is 0 Å². The van der Waals surface area contributed by atoms with E-state index in [1.165, 1.54) is 36.9 Å². The van der Waals surface area contributed by atoms with Crippen LogP contribution in [-0.2, 0) is 6.54 Å². The Balaban J connectivity index is 2.10. The molecule has 1 fully saturated rings. The van der Waals surface area contributed by atoms with Gasteiger partial charge in [-0.1, -0.05) is 18.9 Å². The first kappa shape index (κ1) is 12.5. The maximum Gasteiger partial charge on any atom is 0.0573 e. The van der Waals surface area contributed by atoms with Gasteiger partial charge in [0.25, 0.3) is 0 Å². The van der Waals surface area contributed by atoms with Crippen LogP contribution in [0.4, 0.5) is 0 Å². The molecule has 17 heavy (non-hydrogen) atoms. The molecule has 1 aliphatic carbocycles. The summed E-state index contributed by atoms with van der Waals surface area (Å²) in [6.45, 7) is 3.79. The number of likely N-dealkylation sites (N-methyl/N-ethyl adjacent to an activating group) is 1. The van der Waals surface area contributed by atoms with Gasteiger partial charge in [0, 0.05) is 24.8 Å². The molecule has 3 nitrogen and oxygen atoms in total. The molecule has 0 radical (unpaired) electrons. The second-order valence-electron chi connectivity index (χ2n) is 5.26. The molecule has 94 valence electrons. The number of aryl methyl sites for hydroxylation is 1.